The zero-order valence-electron chi connectivity index (χ0n) is 17.6. The maximum Gasteiger partial charge on any atom is 0.267 e. The Morgan fingerprint density at radius 3 is 2.67 bits per heavy atom. The molecule has 2 amide bonds. The molecule has 1 saturated heterocycles. The lowest BCUT2D eigenvalue weighted by Gasteiger charge is -2.34. The minimum absolute atomic E-state index is 0.0357. The fourth-order valence-corrected chi connectivity index (χ4v) is 3.52. The summed E-state index contributed by atoms with van der Waals surface area (Å²) in [4.78, 5) is 40.1. The van der Waals surface area contributed by atoms with Gasteiger partial charge in [0, 0.05) is 31.6 Å². The van der Waals surface area contributed by atoms with Gasteiger partial charge in [-0.3, -0.25) is 14.4 Å². The smallest absolute Gasteiger partial charge is 0.267 e. The molecule has 2 heterocycles. The van der Waals surface area contributed by atoms with Crippen LogP contribution < -0.4 is 5.56 Å². The highest BCUT2D eigenvalue weighted by Crippen LogP contribution is 2.18. The van der Waals surface area contributed by atoms with E-state index in [2.05, 4.69) is 17.1 Å². The number of benzene rings is 1. The lowest BCUT2D eigenvalue weighted by Crippen LogP contribution is -2.52. The average molecular weight is 414 g/mol. The average Bonchev–Trinajstić information content (AvgIpc) is 2.74. The zero-order valence-corrected chi connectivity index (χ0v) is 17.6. The Balaban J connectivity index is 1.77. The molecule has 0 radical (unpaired) electrons. The van der Waals surface area contributed by atoms with Gasteiger partial charge in [0.1, 0.15) is 12.4 Å². The molecule has 1 N–H and O–H groups in total. The fraction of sp³-hybridized carbons (Fsp3) is 0.455. The molecule has 1 aromatic carbocycles. The first-order valence-electron chi connectivity index (χ1n) is 10.2. The third-order valence-electron chi connectivity index (χ3n) is 5.65. The van der Waals surface area contributed by atoms with E-state index in [-0.39, 0.29) is 23.6 Å². The van der Waals surface area contributed by atoms with Crippen molar-refractivity contribution in [2.75, 3.05) is 26.2 Å². The van der Waals surface area contributed by atoms with Crippen molar-refractivity contribution in [3.63, 3.8) is 0 Å². The van der Waals surface area contributed by atoms with Crippen LogP contribution >= 0.6 is 0 Å². The second-order valence-corrected chi connectivity index (χ2v) is 7.70. The van der Waals surface area contributed by atoms with Gasteiger partial charge in [0.15, 0.2) is 0 Å². The van der Waals surface area contributed by atoms with Gasteiger partial charge in [-0.05, 0) is 43.5 Å². The van der Waals surface area contributed by atoms with Gasteiger partial charge in [0.25, 0.3) is 11.5 Å². The summed E-state index contributed by atoms with van der Waals surface area (Å²) in [5.41, 5.74) is 2.42. The molecule has 8 heteroatoms. The molecule has 0 bridgehead atoms. The minimum Gasteiger partial charge on any atom is -0.339 e. The van der Waals surface area contributed by atoms with Crippen LogP contribution in [0.25, 0.3) is 0 Å². The number of piperazine rings is 1. The Bertz CT molecular complexity index is 1020. The van der Waals surface area contributed by atoms with Crippen molar-refractivity contribution in [2.45, 2.75) is 40.0 Å². The lowest BCUT2D eigenvalue weighted by atomic mass is 10.0. The first-order valence-corrected chi connectivity index (χ1v) is 10.2. The zero-order chi connectivity index (χ0) is 21.8. The molecule has 1 aliphatic heterocycles. The minimum atomic E-state index is -0.619. The quantitative estimate of drug-likeness (QED) is 0.785. The molecule has 30 heavy (non-hydrogen) atoms. The molecular weight excluding hydrogens is 387 g/mol. The van der Waals surface area contributed by atoms with Crippen LogP contribution in [0.3, 0.4) is 0 Å². The molecule has 0 aliphatic carbocycles. The number of rotatable bonds is 6. The Morgan fingerprint density at radius 2 is 1.97 bits per heavy atom. The van der Waals surface area contributed by atoms with Crippen LogP contribution in [0.1, 0.15) is 52.5 Å². The van der Waals surface area contributed by atoms with Gasteiger partial charge in [0.2, 0.25) is 5.91 Å². The molecule has 0 spiro atoms. The van der Waals surface area contributed by atoms with Gasteiger partial charge >= 0.3 is 0 Å². The van der Waals surface area contributed by atoms with Crippen LogP contribution in [0, 0.1) is 19.7 Å². The second-order valence-electron chi connectivity index (χ2n) is 7.70. The van der Waals surface area contributed by atoms with Gasteiger partial charge in [-0.25, -0.2) is 9.49 Å². The Hall–Kier alpha value is -3.03. The van der Waals surface area contributed by atoms with Crippen LogP contribution in [0.15, 0.2) is 23.0 Å². The summed E-state index contributed by atoms with van der Waals surface area (Å²) in [6.07, 6.45) is 2.27. The van der Waals surface area contributed by atoms with E-state index in [1.807, 2.05) is 6.92 Å². The Kier molecular flexibility index (Phi) is 6.64. The number of aromatic nitrogens is 2. The number of amides is 2. The van der Waals surface area contributed by atoms with E-state index in [0.717, 1.165) is 18.4 Å². The number of carbonyl (C=O) groups is 2. The summed E-state index contributed by atoms with van der Waals surface area (Å²) in [5.74, 6) is -1.21. The Labute approximate surface area is 174 Å². The topological polar surface area (TPSA) is 86.4 Å². The second kappa shape index (κ2) is 9.19. The number of nitrogens with one attached hydrogen (secondary N) is 1. The van der Waals surface area contributed by atoms with Crippen molar-refractivity contribution in [3.8, 4) is 0 Å². The molecule has 160 valence electrons. The predicted molar refractivity (Wildman–Crippen MR) is 111 cm³/mol. The predicted octanol–water partition coefficient (Wildman–Crippen LogP) is 2.20. The number of hydrogen-bond acceptors (Lipinski definition) is 4. The number of unbranched alkanes of at least 4 members (excludes halogenated alkanes) is 1. The highest BCUT2D eigenvalue weighted by Gasteiger charge is 2.28. The summed E-state index contributed by atoms with van der Waals surface area (Å²) >= 11 is 0. The third kappa shape index (κ3) is 4.58. The summed E-state index contributed by atoms with van der Waals surface area (Å²) < 4.78 is 14.4. The number of carbonyl (C=O) groups excluding carboxylic acids is 2. The highest BCUT2D eigenvalue weighted by atomic mass is 19.1. The van der Waals surface area contributed by atoms with Crippen molar-refractivity contribution in [1.82, 2.24) is 20.0 Å². The van der Waals surface area contributed by atoms with Crippen molar-refractivity contribution in [3.05, 3.63) is 62.3 Å². The molecule has 3 rings (SSSR count). The lowest BCUT2D eigenvalue weighted by molar-refractivity contribution is -0.135. The summed E-state index contributed by atoms with van der Waals surface area (Å²) in [7, 11) is 0. The van der Waals surface area contributed by atoms with Gasteiger partial charge in [-0.1, -0.05) is 19.4 Å². The summed E-state index contributed by atoms with van der Waals surface area (Å²) in [6, 6.07) is 4.37. The molecule has 1 aliphatic rings. The molecule has 1 fully saturated rings. The van der Waals surface area contributed by atoms with Gasteiger partial charge in [-0.2, -0.15) is 5.10 Å². The number of nitrogens with zero attached hydrogens (tertiary/aromatic N) is 3. The maximum atomic E-state index is 14.4. The van der Waals surface area contributed by atoms with E-state index in [1.165, 1.54) is 17.0 Å². The fourth-order valence-electron chi connectivity index (χ4n) is 3.52. The van der Waals surface area contributed by atoms with E-state index in [4.69, 9.17) is 0 Å². The molecule has 0 unspecified atom stereocenters. The normalized spacial score (nSPS) is 14.3. The SMILES string of the molecule is CCCCN1CCN(C(=O)c2cc(Cc3n[nH]c(=O)c(C)c3C)ccc2F)CC1=O. The first-order chi connectivity index (χ1) is 14.3. The first kappa shape index (κ1) is 21.7. The van der Waals surface area contributed by atoms with Crippen molar-refractivity contribution >= 4 is 11.8 Å². The molecule has 1 aromatic heterocycles. The van der Waals surface area contributed by atoms with E-state index in [0.29, 0.717) is 42.9 Å². The molecule has 2 aromatic rings. The molecule has 0 saturated carbocycles. The van der Waals surface area contributed by atoms with E-state index in [9.17, 15) is 18.8 Å². The Morgan fingerprint density at radius 1 is 1.20 bits per heavy atom. The number of H-pyrrole nitrogens is 1. The summed E-state index contributed by atoms with van der Waals surface area (Å²) in [5, 5.41) is 6.54. The third-order valence-corrected chi connectivity index (χ3v) is 5.65. The van der Waals surface area contributed by atoms with Gasteiger partial charge in [0.05, 0.1) is 11.3 Å². The molecule has 0 atom stereocenters. The molecule has 7 nitrogen and oxygen atoms in total. The van der Waals surface area contributed by atoms with Crippen LogP contribution in [-0.4, -0.2) is 58.0 Å². The number of aromatic amines is 1. The van der Waals surface area contributed by atoms with E-state index >= 15 is 0 Å². The summed E-state index contributed by atoms with van der Waals surface area (Å²) in [6.45, 7) is 7.09. The molecular formula is C22H27FN4O3. The maximum absolute atomic E-state index is 14.4. The van der Waals surface area contributed by atoms with E-state index < -0.39 is 11.7 Å². The monoisotopic (exact) mass is 414 g/mol. The van der Waals surface area contributed by atoms with Crippen LogP contribution in [-0.2, 0) is 11.2 Å². The standard InChI is InChI=1S/C22H27FN4O3/c1-4-5-8-26-9-10-27(13-20(26)28)22(30)17-11-16(6-7-18(17)23)12-19-14(2)15(3)21(29)25-24-19/h6-7,11H,4-5,8-10,12-13H2,1-3H3,(H,25,29). The largest absolute Gasteiger partial charge is 0.339 e. The number of hydrogen-bond donors (Lipinski definition) is 1. The van der Waals surface area contributed by atoms with E-state index in [1.54, 1.807) is 17.9 Å². The van der Waals surface area contributed by atoms with Crippen molar-refractivity contribution in [2.24, 2.45) is 0 Å². The van der Waals surface area contributed by atoms with Gasteiger partial charge < -0.3 is 9.80 Å². The van der Waals surface area contributed by atoms with Crippen LogP contribution in [0.5, 0.6) is 0 Å². The van der Waals surface area contributed by atoms with Crippen LogP contribution in [0.4, 0.5) is 4.39 Å². The number of halogens is 1. The highest BCUT2D eigenvalue weighted by molar-refractivity contribution is 5.97. The van der Waals surface area contributed by atoms with Gasteiger partial charge in [-0.15, -0.1) is 0 Å². The van der Waals surface area contributed by atoms with Crippen molar-refractivity contribution < 1.29 is 14.0 Å². The van der Waals surface area contributed by atoms with Crippen molar-refractivity contribution in [1.29, 1.82) is 0 Å². The van der Waals surface area contributed by atoms with Crippen LogP contribution in [0.2, 0.25) is 0 Å².